The van der Waals surface area contributed by atoms with Crippen molar-refractivity contribution < 1.29 is 9.72 Å². The molecule has 0 fully saturated rings. The van der Waals surface area contributed by atoms with Crippen molar-refractivity contribution in [1.82, 2.24) is 9.78 Å². The second kappa shape index (κ2) is 5.52. The van der Waals surface area contributed by atoms with Gasteiger partial charge in [-0.25, -0.2) is 0 Å². The quantitative estimate of drug-likeness (QED) is 0.682. The van der Waals surface area contributed by atoms with Gasteiger partial charge in [-0.3, -0.25) is 19.6 Å². The van der Waals surface area contributed by atoms with Gasteiger partial charge in [0.05, 0.1) is 10.6 Å². The summed E-state index contributed by atoms with van der Waals surface area (Å²) in [6.07, 6.45) is 1.68. The molecular formula is C13H14N4O3. The molecule has 2 aromatic rings. The number of carbonyl (C=O) groups is 1. The fourth-order valence-electron chi connectivity index (χ4n) is 1.79. The van der Waals surface area contributed by atoms with Crippen LogP contribution in [0.4, 0.5) is 11.4 Å². The molecule has 0 spiro atoms. The van der Waals surface area contributed by atoms with Gasteiger partial charge in [0.1, 0.15) is 12.2 Å². The molecule has 0 aliphatic rings. The van der Waals surface area contributed by atoms with E-state index in [0.29, 0.717) is 0 Å². The van der Waals surface area contributed by atoms with E-state index in [2.05, 4.69) is 10.4 Å². The highest BCUT2D eigenvalue weighted by molar-refractivity contribution is 5.92. The molecular weight excluding hydrogens is 260 g/mol. The Kier molecular flexibility index (Phi) is 3.79. The van der Waals surface area contributed by atoms with Crippen LogP contribution >= 0.6 is 0 Å². The van der Waals surface area contributed by atoms with Crippen molar-refractivity contribution in [3.05, 3.63) is 51.8 Å². The molecule has 0 aliphatic carbocycles. The number of hydrogen-bond donors (Lipinski definition) is 1. The topological polar surface area (TPSA) is 90.1 Å². The van der Waals surface area contributed by atoms with Crippen molar-refractivity contribution >= 4 is 17.3 Å². The van der Waals surface area contributed by atoms with E-state index in [0.717, 1.165) is 11.3 Å². The monoisotopic (exact) mass is 274 g/mol. The van der Waals surface area contributed by atoms with E-state index in [1.807, 2.05) is 6.92 Å². The van der Waals surface area contributed by atoms with Crippen molar-refractivity contribution in [3.8, 4) is 0 Å². The summed E-state index contributed by atoms with van der Waals surface area (Å²) in [6, 6.07) is 6.44. The minimum absolute atomic E-state index is 0.0128. The normalized spacial score (nSPS) is 10.3. The van der Waals surface area contributed by atoms with E-state index < -0.39 is 4.92 Å². The highest BCUT2D eigenvalue weighted by Crippen LogP contribution is 2.25. The Morgan fingerprint density at radius 1 is 1.40 bits per heavy atom. The van der Waals surface area contributed by atoms with Crippen LogP contribution in [0, 0.1) is 24.0 Å². The predicted molar refractivity (Wildman–Crippen MR) is 73.4 cm³/mol. The summed E-state index contributed by atoms with van der Waals surface area (Å²) in [5, 5.41) is 17.6. The van der Waals surface area contributed by atoms with Gasteiger partial charge in [0.2, 0.25) is 5.91 Å². The molecule has 20 heavy (non-hydrogen) atoms. The molecule has 104 valence electrons. The zero-order valence-electron chi connectivity index (χ0n) is 11.2. The Bertz CT molecular complexity index is 663. The number of aryl methyl sites for hydroxylation is 2. The number of hydrogen-bond acceptors (Lipinski definition) is 4. The Morgan fingerprint density at radius 3 is 2.75 bits per heavy atom. The molecule has 0 aliphatic heterocycles. The number of rotatable bonds is 4. The van der Waals surface area contributed by atoms with Crippen LogP contribution in [-0.4, -0.2) is 20.6 Å². The van der Waals surface area contributed by atoms with Gasteiger partial charge in [-0.15, -0.1) is 0 Å². The van der Waals surface area contributed by atoms with Gasteiger partial charge in [-0.2, -0.15) is 5.10 Å². The third-order valence-corrected chi connectivity index (χ3v) is 2.70. The molecule has 1 N–H and O–H groups in total. The van der Waals surface area contributed by atoms with E-state index in [1.165, 1.54) is 16.8 Å². The number of nitro groups is 1. The van der Waals surface area contributed by atoms with E-state index in [9.17, 15) is 14.9 Å². The van der Waals surface area contributed by atoms with Crippen molar-refractivity contribution in [2.75, 3.05) is 5.32 Å². The molecule has 2 rings (SSSR count). The second-order valence-corrected chi connectivity index (χ2v) is 4.48. The van der Waals surface area contributed by atoms with Crippen molar-refractivity contribution in [1.29, 1.82) is 0 Å². The van der Waals surface area contributed by atoms with Crippen molar-refractivity contribution in [3.63, 3.8) is 0 Å². The van der Waals surface area contributed by atoms with Gasteiger partial charge in [-0.1, -0.05) is 6.07 Å². The lowest BCUT2D eigenvalue weighted by Gasteiger charge is -2.06. The fraction of sp³-hybridized carbons (Fsp3) is 0.231. The van der Waals surface area contributed by atoms with Crippen LogP contribution in [0.2, 0.25) is 0 Å². The number of benzene rings is 1. The predicted octanol–water partition coefficient (Wildman–Crippen LogP) is 2.05. The first-order valence-electron chi connectivity index (χ1n) is 6.00. The highest BCUT2D eigenvalue weighted by Gasteiger charge is 2.16. The van der Waals surface area contributed by atoms with Crippen LogP contribution in [0.25, 0.3) is 0 Å². The van der Waals surface area contributed by atoms with Crippen LogP contribution in [0.15, 0.2) is 30.5 Å². The molecule has 0 saturated carbocycles. The van der Waals surface area contributed by atoms with Gasteiger partial charge >= 0.3 is 0 Å². The van der Waals surface area contributed by atoms with Crippen molar-refractivity contribution in [2.24, 2.45) is 0 Å². The maximum absolute atomic E-state index is 11.9. The molecule has 1 heterocycles. The van der Waals surface area contributed by atoms with Gasteiger partial charge in [0.25, 0.3) is 5.69 Å². The van der Waals surface area contributed by atoms with Crippen LogP contribution in [0.5, 0.6) is 0 Å². The molecule has 7 heteroatoms. The Labute approximate surface area is 115 Å². The molecule has 7 nitrogen and oxygen atoms in total. The summed E-state index contributed by atoms with van der Waals surface area (Å²) in [5.74, 6) is -0.361. The summed E-state index contributed by atoms with van der Waals surface area (Å²) in [7, 11) is 0. The number of aromatic nitrogens is 2. The molecule has 0 atom stereocenters. The molecule has 0 unspecified atom stereocenters. The zero-order chi connectivity index (χ0) is 14.7. The van der Waals surface area contributed by atoms with E-state index in [-0.39, 0.29) is 23.8 Å². The Balaban J connectivity index is 2.13. The first-order chi connectivity index (χ1) is 9.45. The van der Waals surface area contributed by atoms with Crippen LogP contribution < -0.4 is 5.32 Å². The summed E-state index contributed by atoms with van der Waals surface area (Å²) in [4.78, 5) is 22.3. The number of carbonyl (C=O) groups excluding carboxylic acids is 1. The Morgan fingerprint density at radius 2 is 2.15 bits per heavy atom. The largest absolute Gasteiger partial charge is 0.319 e. The lowest BCUT2D eigenvalue weighted by molar-refractivity contribution is -0.384. The smallest absolute Gasteiger partial charge is 0.293 e. The summed E-state index contributed by atoms with van der Waals surface area (Å²) in [5.41, 5.74) is 1.64. The molecule has 1 amide bonds. The SMILES string of the molecule is Cc1ccc(NC(=O)Cn2ccc(C)n2)c([N+](=O)[O-])c1. The number of nitrogens with one attached hydrogen (secondary N) is 1. The van der Waals surface area contributed by atoms with Gasteiger partial charge in [-0.05, 0) is 31.5 Å². The molecule has 0 saturated heterocycles. The molecule has 0 bridgehead atoms. The van der Waals surface area contributed by atoms with E-state index >= 15 is 0 Å². The maximum Gasteiger partial charge on any atom is 0.293 e. The van der Waals surface area contributed by atoms with E-state index in [1.54, 1.807) is 25.3 Å². The van der Waals surface area contributed by atoms with Gasteiger partial charge < -0.3 is 5.32 Å². The third kappa shape index (κ3) is 3.19. The average Bonchev–Trinajstić information content (AvgIpc) is 2.76. The van der Waals surface area contributed by atoms with Gasteiger partial charge in [0, 0.05) is 12.3 Å². The summed E-state index contributed by atoms with van der Waals surface area (Å²) in [6.45, 7) is 3.59. The molecule has 1 aromatic heterocycles. The van der Waals surface area contributed by atoms with E-state index in [4.69, 9.17) is 0 Å². The van der Waals surface area contributed by atoms with Crippen LogP contribution in [0.3, 0.4) is 0 Å². The highest BCUT2D eigenvalue weighted by atomic mass is 16.6. The first-order valence-corrected chi connectivity index (χ1v) is 6.00. The van der Waals surface area contributed by atoms with Crippen molar-refractivity contribution in [2.45, 2.75) is 20.4 Å². The maximum atomic E-state index is 11.9. The van der Waals surface area contributed by atoms with Crippen LogP contribution in [-0.2, 0) is 11.3 Å². The number of anilines is 1. The minimum atomic E-state index is -0.513. The number of nitro benzene ring substituents is 1. The second-order valence-electron chi connectivity index (χ2n) is 4.48. The first kappa shape index (κ1) is 13.7. The summed E-state index contributed by atoms with van der Waals surface area (Å²) >= 11 is 0. The lowest BCUT2D eigenvalue weighted by Crippen LogP contribution is -2.19. The zero-order valence-corrected chi connectivity index (χ0v) is 11.2. The minimum Gasteiger partial charge on any atom is -0.319 e. The lowest BCUT2D eigenvalue weighted by atomic mass is 10.2. The average molecular weight is 274 g/mol. The molecule has 0 radical (unpaired) electrons. The number of nitrogens with zero attached hydrogens (tertiary/aromatic N) is 3. The third-order valence-electron chi connectivity index (χ3n) is 2.70. The Hall–Kier alpha value is -2.70. The van der Waals surface area contributed by atoms with Gasteiger partial charge in [0.15, 0.2) is 0 Å². The summed E-state index contributed by atoms with van der Waals surface area (Å²) < 4.78 is 1.48. The standard InChI is InChI=1S/C13H14N4O3/c1-9-3-4-11(12(7-9)17(19)20)14-13(18)8-16-6-5-10(2)15-16/h3-7H,8H2,1-2H3,(H,14,18). The molecule has 1 aromatic carbocycles. The fourth-order valence-corrected chi connectivity index (χ4v) is 1.79. The van der Waals surface area contributed by atoms with Crippen LogP contribution in [0.1, 0.15) is 11.3 Å². The number of amides is 1.